The Morgan fingerprint density at radius 1 is 0.827 bits per heavy atom. The molecule has 0 aromatic carbocycles. The van der Waals surface area contributed by atoms with Crippen molar-refractivity contribution in [3.05, 3.63) is 12.2 Å². The lowest BCUT2D eigenvalue weighted by Gasteiger charge is -2.73. The Morgan fingerprint density at radius 2 is 1.50 bits per heavy atom. The van der Waals surface area contributed by atoms with Crippen LogP contribution in [-0.2, 0) is 19.1 Å². The number of fused-ring (bicyclic) bond motifs is 7. The summed E-state index contributed by atoms with van der Waals surface area (Å²) >= 11 is 0. The van der Waals surface area contributed by atoms with Crippen molar-refractivity contribution in [3.8, 4) is 0 Å². The van der Waals surface area contributed by atoms with Crippen LogP contribution in [0.5, 0.6) is 0 Å². The van der Waals surface area contributed by atoms with Gasteiger partial charge in [0, 0.05) is 23.9 Å². The molecule has 0 aromatic rings. The molecule has 2 N–H and O–H groups in total. The van der Waals surface area contributed by atoms with Gasteiger partial charge < -0.3 is 20.1 Å². The molecule has 7 nitrogen and oxygen atoms in total. The van der Waals surface area contributed by atoms with Gasteiger partial charge >= 0.3 is 11.9 Å². The minimum absolute atomic E-state index is 0.0716. The second-order valence-electron chi connectivity index (χ2n) is 21.5. The van der Waals surface area contributed by atoms with Crippen molar-refractivity contribution in [1.29, 1.82) is 0 Å². The lowest BCUT2D eigenvalue weighted by molar-refractivity contribution is -0.250. The molecule has 7 heteroatoms. The first-order chi connectivity index (χ1) is 24.1. The van der Waals surface area contributed by atoms with Crippen LogP contribution in [0.2, 0.25) is 0 Å². The summed E-state index contributed by atoms with van der Waals surface area (Å²) in [6.45, 7) is 22.6. The molecule has 0 aromatic heterocycles. The van der Waals surface area contributed by atoms with Gasteiger partial charge in [0.2, 0.25) is 5.91 Å². The van der Waals surface area contributed by atoms with E-state index >= 15 is 0 Å². The number of aliphatic carboxylic acids is 1. The number of carbonyl (C=O) groups is 3. The van der Waals surface area contributed by atoms with Crippen molar-refractivity contribution in [2.24, 2.45) is 62.1 Å². The van der Waals surface area contributed by atoms with Gasteiger partial charge in [-0.1, -0.05) is 46.8 Å². The number of allylic oxidation sites excluding steroid dienone is 1. The van der Waals surface area contributed by atoms with Crippen molar-refractivity contribution >= 4 is 17.8 Å². The molecule has 294 valence electrons. The Bertz CT molecular complexity index is 1410. The van der Waals surface area contributed by atoms with Gasteiger partial charge in [-0.05, 0) is 176 Å². The van der Waals surface area contributed by atoms with Gasteiger partial charge in [-0.25, -0.2) is 0 Å². The van der Waals surface area contributed by atoms with Crippen LogP contribution in [0, 0.1) is 62.1 Å². The zero-order valence-electron chi connectivity index (χ0n) is 34.7. The molecular weight excluding hydrogens is 649 g/mol. The maximum Gasteiger partial charge on any atom is 0.309 e. The molecule has 10 atom stereocenters. The van der Waals surface area contributed by atoms with Crippen molar-refractivity contribution < 1.29 is 24.2 Å². The number of rotatable bonds is 9. The smallest absolute Gasteiger partial charge is 0.309 e. The fourth-order valence-corrected chi connectivity index (χ4v) is 14.7. The summed E-state index contributed by atoms with van der Waals surface area (Å²) < 4.78 is 6.19. The van der Waals surface area contributed by atoms with Gasteiger partial charge in [-0.2, -0.15) is 0 Å². The highest BCUT2D eigenvalue weighted by Gasteiger charge is 2.71. The van der Waals surface area contributed by atoms with E-state index in [1.807, 2.05) is 0 Å². The third kappa shape index (κ3) is 6.41. The molecule has 6 saturated carbocycles. The summed E-state index contributed by atoms with van der Waals surface area (Å²) in [5, 5.41) is 13.2. The fraction of sp³-hybridized carbons (Fsp3) is 0.889. The molecular formula is C45H74N2O5. The number of carboxylic acid groups (broad SMARTS) is 1. The third-order valence-electron chi connectivity index (χ3n) is 17.9. The van der Waals surface area contributed by atoms with E-state index < -0.39 is 11.4 Å². The summed E-state index contributed by atoms with van der Waals surface area (Å²) in [4.78, 5) is 41.2. The first-order valence-electron chi connectivity index (χ1n) is 21.2. The summed E-state index contributed by atoms with van der Waals surface area (Å²) in [6, 6.07) is 0.948. The van der Waals surface area contributed by atoms with Gasteiger partial charge in [0.1, 0.15) is 6.10 Å². The topological polar surface area (TPSA) is 95.9 Å². The highest BCUT2D eigenvalue weighted by Crippen LogP contribution is 2.78. The molecule has 0 radical (unpaired) electrons. The van der Waals surface area contributed by atoms with Crippen LogP contribution in [-0.4, -0.2) is 60.1 Å². The minimum atomic E-state index is -1.14. The fourth-order valence-electron chi connectivity index (χ4n) is 14.7. The maximum atomic E-state index is 14.0. The Morgan fingerprint density at radius 3 is 2.12 bits per heavy atom. The highest BCUT2D eigenvalue weighted by molar-refractivity contribution is 5.81. The molecule has 6 aliphatic carbocycles. The number of nitrogens with one attached hydrogen (secondary N) is 1. The number of carbonyl (C=O) groups excluding carboxylic acids is 2. The van der Waals surface area contributed by atoms with Crippen LogP contribution in [0.1, 0.15) is 158 Å². The Balaban J connectivity index is 1.20. The van der Waals surface area contributed by atoms with Crippen LogP contribution in [0.4, 0.5) is 0 Å². The number of hydrogen-bond donors (Lipinski definition) is 2. The number of ether oxygens (including phenoxy) is 1. The van der Waals surface area contributed by atoms with Gasteiger partial charge in [0.05, 0.1) is 11.8 Å². The normalized spacial score (nSPS) is 44.1. The van der Waals surface area contributed by atoms with Crippen LogP contribution < -0.4 is 5.32 Å². The summed E-state index contributed by atoms with van der Waals surface area (Å²) in [5.74, 6) is 1.58. The molecule has 0 bridgehead atoms. The molecule has 0 saturated heterocycles. The van der Waals surface area contributed by atoms with Crippen LogP contribution in [0.3, 0.4) is 0 Å². The molecule has 6 aliphatic rings. The molecule has 6 rings (SSSR count). The van der Waals surface area contributed by atoms with E-state index in [4.69, 9.17) is 4.74 Å². The van der Waals surface area contributed by atoms with Crippen molar-refractivity contribution in [3.63, 3.8) is 0 Å². The third-order valence-corrected chi connectivity index (χ3v) is 17.9. The quantitative estimate of drug-likeness (QED) is 0.182. The molecule has 3 unspecified atom stereocenters. The predicted octanol–water partition coefficient (Wildman–Crippen LogP) is 9.44. The number of esters is 1. The van der Waals surface area contributed by atoms with Crippen LogP contribution in [0.15, 0.2) is 12.2 Å². The molecule has 1 amide bonds. The predicted molar refractivity (Wildman–Crippen MR) is 207 cm³/mol. The van der Waals surface area contributed by atoms with E-state index in [0.717, 1.165) is 57.8 Å². The average Bonchev–Trinajstić information content (AvgIpc) is 3.42. The van der Waals surface area contributed by atoms with E-state index in [0.29, 0.717) is 54.0 Å². The van der Waals surface area contributed by atoms with Crippen molar-refractivity contribution in [1.82, 2.24) is 10.2 Å². The Hall–Kier alpha value is -1.89. The van der Waals surface area contributed by atoms with Gasteiger partial charge in [-0.3, -0.25) is 14.4 Å². The number of amides is 1. The lowest BCUT2D eigenvalue weighted by Crippen LogP contribution is -2.67. The number of carboxylic acids is 1. The Labute approximate surface area is 316 Å². The van der Waals surface area contributed by atoms with Gasteiger partial charge in [-0.15, -0.1) is 0 Å². The zero-order valence-corrected chi connectivity index (χ0v) is 34.7. The highest BCUT2D eigenvalue weighted by atomic mass is 16.5. The average molecular weight is 723 g/mol. The van der Waals surface area contributed by atoms with Crippen molar-refractivity contribution in [2.75, 3.05) is 14.1 Å². The summed E-state index contributed by atoms with van der Waals surface area (Å²) in [5.41, 5.74) is 0.621. The van der Waals surface area contributed by atoms with E-state index in [1.54, 1.807) is 13.8 Å². The zero-order chi connectivity index (χ0) is 38.2. The maximum absolute atomic E-state index is 14.0. The van der Waals surface area contributed by atoms with E-state index in [-0.39, 0.29) is 45.6 Å². The molecule has 6 fully saturated rings. The Kier molecular flexibility index (Phi) is 10.5. The second-order valence-corrected chi connectivity index (χ2v) is 21.5. The first kappa shape index (κ1) is 39.8. The first-order valence-corrected chi connectivity index (χ1v) is 21.2. The SMILES string of the molecule is C=C(C)[C@@H]1CC[C@]2(CC(=O)NC3CCC(N(C)C)CC3)CC[C@]3(C)[C@H](CC[C@@H]4C5(C)CCC(OC(=O)CC(C)(C)C(=O)O)C(C)(C)[C@@H]5CCC43C)[C@@H]12. The van der Waals surface area contributed by atoms with E-state index in [9.17, 15) is 19.5 Å². The monoisotopic (exact) mass is 723 g/mol. The summed E-state index contributed by atoms with van der Waals surface area (Å²) in [6.07, 6.45) is 16.2. The van der Waals surface area contributed by atoms with Gasteiger partial charge in [0.15, 0.2) is 0 Å². The molecule has 52 heavy (non-hydrogen) atoms. The van der Waals surface area contributed by atoms with Crippen LogP contribution >= 0.6 is 0 Å². The number of nitrogens with zero attached hydrogens (tertiary/aromatic N) is 1. The molecule has 0 heterocycles. The standard InChI is InChI=1S/C45H74N2O5/c1-28(2)31-18-23-45(26-36(48)46-29-12-14-30(15-13-29)47(10)11)25-24-43(8)32(38(31)45)16-17-34-42(7)21-20-35(52-37(49)27-40(3,4)39(50)51)41(5,6)33(42)19-22-44(34,43)9/h29-35,38H,1,12-27H2,2-11H3,(H,46,48)(H,50,51)/t29?,30?,31-,32+,33-,34+,35?,38+,42?,43+,44?,45+/m0/s1. The van der Waals surface area contributed by atoms with Crippen LogP contribution in [0.25, 0.3) is 0 Å². The summed E-state index contributed by atoms with van der Waals surface area (Å²) in [7, 11) is 4.36. The molecule has 0 aliphatic heterocycles. The number of hydrogen-bond acceptors (Lipinski definition) is 5. The van der Waals surface area contributed by atoms with E-state index in [2.05, 4.69) is 72.4 Å². The molecule has 0 spiro atoms. The second kappa shape index (κ2) is 13.7. The van der Waals surface area contributed by atoms with Crippen molar-refractivity contribution in [2.45, 2.75) is 176 Å². The largest absolute Gasteiger partial charge is 0.481 e. The lowest BCUT2D eigenvalue weighted by atomic mass is 9.32. The van der Waals surface area contributed by atoms with E-state index in [1.165, 1.54) is 37.7 Å². The minimum Gasteiger partial charge on any atom is -0.481 e. The van der Waals surface area contributed by atoms with Gasteiger partial charge in [0.25, 0.3) is 0 Å².